The van der Waals surface area contributed by atoms with Gasteiger partial charge in [0.2, 0.25) is 0 Å². The van der Waals surface area contributed by atoms with Crippen LogP contribution in [0.2, 0.25) is 0 Å². The first-order valence-corrected chi connectivity index (χ1v) is 11.1. The van der Waals surface area contributed by atoms with Crippen LogP contribution in [0.25, 0.3) is 10.8 Å². The summed E-state index contributed by atoms with van der Waals surface area (Å²) in [5.74, 6) is -2.11. The number of aryl methyl sites for hydroxylation is 1. The number of aromatic nitrogens is 3. The summed E-state index contributed by atoms with van der Waals surface area (Å²) in [6.07, 6.45) is 4.01. The van der Waals surface area contributed by atoms with Crippen molar-refractivity contribution < 1.29 is 18.7 Å². The van der Waals surface area contributed by atoms with Gasteiger partial charge in [0.05, 0.1) is 12.3 Å². The standard InChI is InChI=1S/C27H23F2N3O2/c1-15-3-6-22(26(29)25(15)28)27-24(16(2)9-21-12-20(14-33)31-32(21)27)23(34)11-17-4-5-19-13-30-8-7-18(19)10-17/h3-8,10,12-13,27,33H,9,11,14H2,1-2H3. The van der Waals surface area contributed by atoms with Gasteiger partial charge in [-0.25, -0.2) is 8.78 Å². The minimum absolute atomic E-state index is 0.0453. The highest BCUT2D eigenvalue weighted by Crippen LogP contribution is 2.38. The van der Waals surface area contributed by atoms with Crippen LogP contribution in [0.3, 0.4) is 0 Å². The first kappa shape index (κ1) is 22.1. The summed E-state index contributed by atoms with van der Waals surface area (Å²) in [6.45, 7) is 3.05. The van der Waals surface area contributed by atoms with Crippen LogP contribution >= 0.6 is 0 Å². The summed E-state index contributed by atoms with van der Waals surface area (Å²) < 4.78 is 31.3. The Labute approximate surface area is 195 Å². The lowest BCUT2D eigenvalue weighted by Gasteiger charge is -2.29. The summed E-state index contributed by atoms with van der Waals surface area (Å²) in [7, 11) is 0. The van der Waals surface area contributed by atoms with Gasteiger partial charge in [-0.05, 0) is 42.5 Å². The van der Waals surface area contributed by atoms with Crippen LogP contribution in [0.5, 0.6) is 0 Å². The zero-order chi connectivity index (χ0) is 24.0. The molecule has 2 aromatic carbocycles. The number of hydrogen-bond acceptors (Lipinski definition) is 4. The van der Waals surface area contributed by atoms with Crippen molar-refractivity contribution in [1.29, 1.82) is 0 Å². The number of benzene rings is 2. The first-order chi connectivity index (χ1) is 16.4. The molecule has 1 N–H and O–H groups in total. The fraction of sp³-hybridized carbons (Fsp3) is 0.222. The minimum Gasteiger partial charge on any atom is -0.390 e. The third-order valence-electron chi connectivity index (χ3n) is 6.42. The highest BCUT2D eigenvalue weighted by molar-refractivity contribution is 5.99. The number of rotatable bonds is 5. The normalized spacial score (nSPS) is 15.6. The van der Waals surface area contributed by atoms with Crippen molar-refractivity contribution >= 4 is 16.6 Å². The van der Waals surface area contributed by atoms with Gasteiger partial charge in [0.15, 0.2) is 17.4 Å². The van der Waals surface area contributed by atoms with Crippen LogP contribution in [0.4, 0.5) is 8.78 Å². The van der Waals surface area contributed by atoms with Crippen LogP contribution in [-0.4, -0.2) is 25.7 Å². The van der Waals surface area contributed by atoms with Crippen molar-refractivity contribution in [1.82, 2.24) is 14.8 Å². The molecule has 2 aromatic heterocycles. The number of fused-ring (bicyclic) bond motifs is 2. The largest absolute Gasteiger partial charge is 0.390 e. The molecule has 5 rings (SSSR count). The number of ketones is 1. The molecule has 0 bridgehead atoms. The molecule has 0 fully saturated rings. The summed E-state index contributed by atoms with van der Waals surface area (Å²) in [5, 5.41) is 16.0. The van der Waals surface area contributed by atoms with E-state index >= 15 is 4.39 Å². The number of hydrogen-bond donors (Lipinski definition) is 1. The van der Waals surface area contributed by atoms with Crippen molar-refractivity contribution in [2.45, 2.75) is 39.3 Å². The number of aliphatic hydroxyl groups excluding tert-OH is 1. The predicted octanol–water partition coefficient (Wildman–Crippen LogP) is 4.78. The van der Waals surface area contributed by atoms with E-state index in [1.807, 2.05) is 31.2 Å². The van der Waals surface area contributed by atoms with E-state index in [0.29, 0.717) is 17.7 Å². The van der Waals surface area contributed by atoms with Crippen molar-refractivity contribution in [2.24, 2.45) is 0 Å². The molecule has 0 radical (unpaired) electrons. The number of carbonyl (C=O) groups excluding carboxylic acids is 1. The molecule has 1 aliphatic rings. The Kier molecular flexibility index (Phi) is 5.57. The fourth-order valence-electron chi connectivity index (χ4n) is 4.72. The number of allylic oxidation sites excluding steroid dienone is 2. The minimum atomic E-state index is -0.991. The third-order valence-corrected chi connectivity index (χ3v) is 6.42. The molecule has 5 nitrogen and oxygen atoms in total. The molecule has 0 aliphatic carbocycles. The van der Waals surface area contributed by atoms with E-state index in [1.54, 1.807) is 23.1 Å². The molecule has 1 aliphatic heterocycles. The molecular formula is C27H23F2N3O2. The quantitative estimate of drug-likeness (QED) is 0.466. The molecule has 7 heteroatoms. The molecule has 0 spiro atoms. The van der Waals surface area contributed by atoms with Gasteiger partial charge < -0.3 is 5.11 Å². The molecule has 34 heavy (non-hydrogen) atoms. The second kappa shape index (κ2) is 8.57. The number of aliphatic hydroxyl groups is 1. The van der Waals surface area contributed by atoms with Crippen LogP contribution in [0.1, 0.15) is 41.0 Å². The Morgan fingerprint density at radius 2 is 1.91 bits per heavy atom. The van der Waals surface area contributed by atoms with Gasteiger partial charge in [-0.3, -0.25) is 14.5 Å². The highest BCUT2D eigenvalue weighted by atomic mass is 19.2. The monoisotopic (exact) mass is 459 g/mol. The van der Waals surface area contributed by atoms with Gasteiger partial charge in [0.1, 0.15) is 6.04 Å². The second-order valence-electron chi connectivity index (χ2n) is 8.76. The Morgan fingerprint density at radius 3 is 2.71 bits per heavy atom. The zero-order valence-corrected chi connectivity index (χ0v) is 18.8. The lowest BCUT2D eigenvalue weighted by molar-refractivity contribution is -0.115. The van der Waals surface area contributed by atoms with E-state index in [0.717, 1.165) is 27.6 Å². The van der Waals surface area contributed by atoms with Gasteiger partial charge in [-0.1, -0.05) is 35.9 Å². The van der Waals surface area contributed by atoms with Crippen molar-refractivity contribution in [3.05, 3.63) is 106 Å². The molecule has 172 valence electrons. The Hall–Kier alpha value is -3.71. The molecule has 3 heterocycles. The van der Waals surface area contributed by atoms with Gasteiger partial charge in [-0.2, -0.15) is 5.10 Å². The maximum absolute atomic E-state index is 15.2. The second-order valence-corrected chi connectivity index (χ2v) is 8.76. The predicted molar refractivity (Wildman–Crippen MR) is 124 cm³/mol. The summed E-state index contributed by atoms with van der Waals surface area (Å²) in [5.41, 5.74) is 3.38. The number of halogens is 2. The van der Waals surface area contributed by atoms with Gasteiger partial charge in [-0.15, -0.1) is 0 Å². The molecule has 0 saturated heterocycles. The van der Waals surface area contributed by atoms with Crippen molar-refractivity contribution in [2.75, 3.05) is 0 Å². The van der Waals surface area contributed by atoms with E-state index in [-0.39, 0.29) is 29.9 Å². The van der Waals surface area contributed by atoms with E-state index in [2.05, 4.69) is 10.1 Å². The van der Waals surface area contributed by atoms with Gasteiger partial charge in [0.25, 0.3) is 0 Å². The summed E-state index contributed by atoms with van der Waals surface area (Å²) in [6, 6.07) is 11.5. The lowest BCUT2D eigenvalue weighted by Crippen LogP contribution is -2.29. The smallest absolute Gasteiger partial charge is 0.165 e. The molecule has 1 atom stereocenters. The number of pyridine rings is 1. The number of Topliss-reactive ketones (excluding diaryl/α,β-unsaturated/α-hetero) is 1. The Balaban J connectivity index is 1.60. The molecular weight excluding hydrogens is 436 g/mol. The topological polar surface area (TPSA) is 68.0 Å². The van der Waals surface area contributed by atoms with Crippen molar-refractivity contribution in [3.63, 3.8) is 0 Å². The fourth-order valence-corrected chi connectivity index (χ4v) is 4.72. The summed E-state index contributed by atoms with van der Waals surface area (Å²) >= 11 is 0. The van der Waals surface area contributed by atoms with E-state index < -0.39 is 17.7 Å². The lowest BCUT2D eigenvalue weighted by atomic mass is 9.84. The average Bonchev–Trinajstić information content (AvgIpc) is 3.24. The molecule has 4 aromatic rings. The molecule has 1 unspecified atom stereocenters. The first-order valence-electron chi connectivity index (χ1n) is 11.1. The van der Waals surface area contributed by atoms with Crippen LogP contribution < -0.4 is 0 Å². The van der Waals surface area contributed by atoms with Gasteiger partial charge >= 0.3 is 0 Å². The molecule has 0 saturated carbocycles. The van der Waals surface area contributed by atoms with Gasteiger partial charge in [0, 0.05) is 47.5 Å². The average molecular weight is 459 g/mol. The van der Waals surface area contributed by atoms with Crippen LogP contribution in [0, 0.1) is 18.6 Å². The summed E-state index contributed by atoms with van der Waals surface area (Å²) in [4.78, 5) is 17.8. The van der Waals surface area contributed by atoms with Crippen molar-refractivity contribution in [3.8, 4) is 0 Å². The Bertz CT molecular complexity index is 1470. The number of nitrogens with zero attached hydrogens (tertiary/aromatic N) is 3. The van der Waals surface area contributed by atoms with E-state index in [9.17, 15) is 14.3 Å². The molecule has 0 amide bonds. The number of carbonyl (C=O) groups is 1. The van der Waals surface area contributed by atoms with E-state index in [1.165, 1.54) is 19.1 Å². The van der Waals surface area contributed by atoms with Crippen LogP contribution in [0.15, 0.2) is 66.0 Å². The maximum Gasteiger partial charge on any atom is 0.165 e. The van der Waals surface area contributed by atoms with Crippen LogP contribution in [-0.2, 0) is 24.2 Å². The Morgan fingerprint density at radius 1 is 1.09 bits per heavy atom. The third kappa shape index (κ3) is 3.72. The maximum atomic E-state index is 15.2. The highest BCUT2D eigenvalue weighted by Gasteiger charge is 2.35. The van der Waals surface area contributed by atoms with E-state index in [4.69, 9.17) is 0 Å². The SMILES string of the molecule is CC1=C(C(=O)Cc2ccc3cnccc3c2)C(c2ccc(C)c(F)c2F)n2nc(CO)cc2C1. The zero-order valence-electron chi connectivity index (χ0n) is 18.8.